The molecule has 0 atom stereocenters. The van der Waals surface area contributed by atoms with Crippen LogP contribution < -0.4 is 4.74 Å². The van der Waals surface area contributed by atoms with Gasteiger partial charge in [0.05, 0.1) is 11.1 Å². The lowest BCUT2D eigenvalue weighted by Crippen LogP contribution is -2.08. The molecule has 0 N–H and O–H groups in total. The van der Waals surface area contributed by atoms with Crippen molar-refractivity contribution in [2.24, 2.45) is 0 Å². The number of rotatable bonds is 3. The van der Waals surface area contributed by atoms with Gasteiger partial charge in [-0.15, -0.1) is 0 Å². The predicted molar refractivity (Wildman–Crippen MR) is 58.3 cm³/mol. The highest BCUT2D eigenvalue weighted by Crippen LogP contribution is 2.39. The molecule has 0 aliphatic carbocycles. The quantitative estimate of drug-likeness (QED) is 0.447. The van der Waals surface area contributed by atoms with Crippen molar-refractivity contribution in [3.8, 4) is 16.9 Å². The lowest BCUT2D eigenvalue weighted by molar-refractivity contribution is -0.0496. The summed E-state index contributed by atoms with van der Waals surface area (Å²) in [6, 6.07) is 2.15. The Morgan fingerprint density at radius 3 is 1.68 bits per heavy atom. The molecule has 0 unspecified atom stereocenters. The van der Waals surface area contributed by atoms with Crippen molar-refractivity contribution >= 4 is 0 Å². The first-order valence-corrected chi connectivity index (χ1v) is 5.50. The molecule has 0 bridgehead atoms. The Kier molecular flexibility index (Phi) is 4.25. The van der Waals surface area contributed by atoms with Crippen molar-refractivity contribution in [2.45, 2.75) is 6.61 Å². The maximum absolute atomic E-state index is 13.7. The molecule has 2 aromatic carbocycles. The standard InChI is InChI=1S/C13H4F8O/c14-4-2-1-3-5(22-13(20)21)6(4)7-8(15)10(17)12(19)11(18)9(7)16/h1-3,13H. The highest BCUT2D eigenvalue weighted by molar-refractivity contribution is 5.72. The van der Waals surface area contributed by atoms with Gasteiger partial charge < -0.3 is 4.74 Å². The van der Waals surface area contributed by atoms with Crippen LogP contribution in [0.4, 0.5) is 35.1 Å². The van der Waals surface area contributed by atoms with E-state index in [9.17, 15) is 35.1 Å². The summed E-state index contributed by atoms with van der Waals surface area (Å²) in [5.41, 5.74) is -2.99. The number of alkyl halides is 2. The fourth-order valence-corrected chi connectivity index (χ4v) is 1.77. The zero-order chi connectivity index (χ0) is 16.6. The van der Waals surface area contributed by atoms with Gasteiger partial charge in [-0.3, -0.25) is 0 Å². The van der Waals surface area contributed by atoms with E-state index in [2.05, 4.69) is 4.74 Å². The van der Waals surface area contributed by atoms with Crippen LogP contribution in [0.15, 0.2) is 18.2 Å². The van der Waals surface area contributed by atoms with Crippen molar-refractivity contribution in [3.05, 3.63) is 53.1 Å². The average molecular weight is 328 g/mol. The number of ether oxygens (including phenoxy) is 1. The number of halogens is 8. The summed E-state index contributed by atoms with van der Waals surface area (Å²) in [5, 5.41) is 0. The fraction of sp³-hybridized carbons (Fsp3) is 0.0769. The van der Waals surface area contributed by atoms with Crippen LogP contribution in [0.2, 0.25) is 0 Å². The lowest BCUT2D eigenvalue weighted by atomic mass is 10.0. The number of benzene rings is 2. The SMILES string of the molecule is Fc1cccc(OC(F)F)c1-c1c(F)c(F)c(F)c(F)c1F. The Bertz CT molecular complexity index is 699. The van der Waals surface area contributed by atoms with E-state index in [1.165, 1.54) is 0 Å². The van der Waals surface area contributed by atoms with Gasteiger partial charge >= 0.3 is 6.61 Å². The van der Waals surface area contributed by atoms with Crippen LogP contribution in [0.25, 0.3) is 11.1 Å². The first-order valence-electron chi connectivity index (χ1n) is 5.50. The summed E-state index contributed by atoms with van der Waals surface area (Å²) in [6.45, 7) is -3.50. The molecular weight excluding hydrogens is 324 g/mol. The van der Waals surface area contributed by atoms with E-state index in [0.29, 0.717) is 12.1 Å². The largest absolute Gasteiger partial charge is 0.434 e. The van der Waals surface area contributed by atoms with Crippen LogP contribution in [0, 0.1) is 34.9 Å². The highest BCUT2D eigenvalue weighted by Gasteiger charge is 2.30. The molecule has 118 valence electrons. The summed E-state index contributed by atoms with van der Waals surface area (Å²) in [7, 11) is 0. The summed E-state index contributed by atoms with van der Waals surface area (Å²) in [4.78, 5) is 0. The van der Waals surface area contributed by atoms with Crippen LogP contribution in [0.5, 0.6) is 5.75 Å². The van der Waals surface area contributed by atoms with E-state index in [0.717, 1.165) is 6.07 Å². The number of hydrogen-bond donors (Lipinski definition) is 0. The van der Waals surface area contributed by atoms with Gasteiger partial charge in [0.25, 0.3) is 0 Å². The third-order valence-corrected chi connectivity index (χ3v) is 2.65. The van der Waals surface area contributed by atoms with E-state index in [1.54, 1.807) is 0 Å². The molecule has 2 rings (SSSR count). The maximum atomic E-state index is 13.7. The van der Waals surface area contributed by atoms with Gasteiger partial charge in [0, 0.05) is 0 Å². The molecule has 0 spiro atoms. The molecule has 0 aromatic heterocycles. The van der Waals surface area contributed by atoms with Crippen LogP contribution in [-0.4, -0.2) is 6.61 Å². The first-order chi connectivity index (χ1) is 10.3. The second-order valence-corrected chi connectivity index (χ2v) is 3.94. The Labute approximate surface area is 117 Å². The topological polar surface area (TPSA) is 9.23 Å². The third-order valence-electron chi connectivity index (χ3n) is 2.65. The molecular formula is C13H4F8O. The molecule has 0 saturated heterocycles. The number of hydrogen-bond acceptors (Lipinski definition) is 1. The minimum atomic E-state index is -3.50. The second-order valence-electron chi connectivity index (χ2n) is 3.94. The van der Waals surface area contributed by atoms with E-state index in [4.69, 9.17) is 0 Å². The summed E-state index contributed by atoms with van der Waals surface area (Å²) in [6.07, 6.45) is 0. The van der Waals surface area contributed by atoms with Crippen LogP contribution in [-0.2, 0) is 0 Å². The molecule has 0 heterocycles. The third kappa shape index (κ3) is 2.58. The van der Waals surface area contributed by atoms with Gasteiger partial charge in [-0.1, -0.05) is 6.07 Å². The molecule has 1 nitrogen and oxygen atoms in total. The van der Waals surface area contributed by atoms with Crippen molar-refractivity contribution in [3.63, 3.8) is 0 Å². The summed E-state index contributed by atoms with van der Waals surface area (Å²) >= 11 is 0. The molecule has 22 heavy (non-hydrogen) atoms. The average Bonchev–Trinajstić information content (AvgIpc) is 2.45. The van der Waals surface area contributed by atoms with Crippen molar-refractivity contribution < 1.29 is 39.9 Å². The highest BCUT2D eigenvalue weighted by atomic mass is 19.3. The maximum Gasteiger partial charge on any atom is 0.387 e. The fourth-order valence-electron chi connectivity index (χ4n) is 1.77. The monoisotopic (exact) mass is 328 g/mol. The molecule has 0 radical (unpaired) electrons. The Balaban J connectivity index is 2.83. The van der Waals surface area contributed by atoms with Crippen LogP contribution >= 0.6 is 0 Å². The summed E-state index contributed by atoms with van der Waals surface area (Å²) in [5.74, 6) is -14.4. The Morgan fingerprint density at radius 1 is 0.682 bits per heavy atom. The normalized spacial score (nSPS) is 11.1. The van der Waals surface area contributed by atoms with Gasteiger partial charge in [-0.2, -0.15) is 8.78 Å². The lowest BCUT2D eigenvalue weighted by Gasteiger charge is -2.14. The van der Waals surface area contributed by atoms with E-state index in [1.807, 2.05) is 0 Å². The molecule has 2 aromatic rings. The smallest absolute Gasteiger partial charge is 0.387 e. The van der Waals surface area contributed by atoms with Crippen molar-refractivity contribution in [1.29, 1.82) is 0 Å². The van der Waals surface area contributed by atoms with Crippen LogP contribution in [0.3, 0.4) is 0 Å². The zero-order valence-electron chi connectivity index (χ0n) is 10.2. The minimum Gasteiger partial charge on any atom is -0.434 e. The van der Waals surface area contributed by atoms with E-state index >= 15 is 0 Å². The molecule has 0 saturated carbocycles. The van der Waals surface area contributed by atoms with Crippen LogP contribution in [0.1, 0.15) is 0 Å². The molecule has 0 fully saturated rings. The van der Waals surface area contributed by atoms with E-state index < -0.39 is 58.4 Å². The molecule has 0 aliphatic rings. The zero-order valence-corrected chi connectivity index (χ0v) is 10.2. The Morgan fingerprint density at radius 2 is 1.18 bits per heavy atom. The van der Waals surface area contributed by atoms with Gasteiger partial charge in [-0.05, 0) is 12.1 Å². The van der Waals surface area contributed by atoms with Gasteiger partial charge in [0.2, 0.25) is 5.82 Å². The van der Waals surface area contributed by atoms with Gasteiger partial charge in [0.15, 0.2) is 23.3 Å². The van der Waals surface area contributed by atoms with Crippen molar-refractivity contribution in [2.75, 3.05) is 0 Å². The first kappa shape index (κ1) is 16.1. The second kappa shape index (κ2) is 5.82. The summed E-state index contributed by atoms with van der Waals surface area (Å²) < 4.78 is 109. The molecule has 9 heteroatoms. The molecule has 0 amide bonds. The van der Waals surface area contributed by atoms with Crippen molar-refractivity contribution in [1.82, 2.24) is 0 Å². The Hall–Kier alpha value is -2.32. The van der Waals surface area contributed by atoms with Gasteiger partial charge in [-0.25, -0.2) is 26.3 Å². The molecule has 0 aliphatic heterocycles. The minimum absolute atomic E-state index is 0.589. The van der Waals surface area contributed by atoms with Gasteiger partial charge in [0.1, 0.15) is 11.6 Å². The van der Waals surface area contributed by atoms with E-state index in [-0.39, 0.29) is 0 Å². The predicted octanol–water partition coefficient (Wildman–Crippen LogP) is 4.79.